The fraction of sp³-hybridized carbons (Fsp3) is 0.826. The van der Waals surface area contributed by atoms with Crippen molar-refractivity contribution in [3.63, 3.8) is 0 Å². The molecule has 150 valence electrons. The van der Waals surface area contributed by atoms with Gasteiger partial charge in [-0.15, -0.1) is 0 Å². The van der Waals surface area contributed by atoms with Crippen LogP contribution in [0.3, 0.4) is 0 Å². The molecule has 0 heterocycles. The zero-order chi connectivity index (χ0) is 19.4. The molecule has 4 nitrogen and oxygen atoms in total. The van der Waals surface area contributed by atoms with Crippen LogP contribution in [0.15, 0.2) is 22.0 Å². The van der Waals surface area contributed by atoms with E-state index in [1.807, 2.05) is 6.92 Å². The maximum absolute atomic E-state index is 9.54. The van der Waals surface area contributed by atoms with Crippen LogP contribution in [0.5, 0.6) is 0 Å². The molecule has 0 aromatic heterocycles. The Bertz CT molecular complexity index is 696. The van der Waals surface area contributed by atoms with Crippen LogP contribution in [0.1, 0.15) is 79.1 Å². The molecule has 2 N–H and O–H groups in total. The number of oxime groups is 2. The first-order valence-electron chi connectivity index (χ1n) is 11.0. The van der Waals surface area contributed by atoms with Crippen LogP contribution in [0.4, 0.5) is 0 Å². The lowest BCUT2D eigenvalue weighted by molar-refractivity contribution is -0.0412. The van der Waals surface area contributed by atoms with Crippen LogP contribution >= 0.6 is 0 Å². The summed E-state index contributed by atoms with van der Waals surface area (Å²) in [6.07, 6.45) is 11.6. The minimum atomic E-state index is 0.276. The van der Waals surface area contributed by atoms with Crippen molar-refractivity contribution in [3.8, 4) is 0 Å². The Kier molecular flexibility index (Phi) is 4.67. The summed E-state index contributed by atoms with van der Waals surface area (Å²) in [5, 5.41) is 25.9. The minimum absolute atomic E-state index is 0.276. The second kappa shape index (κ2) is 6.63. The van der Waals surface area contributed by atoms with Gasteiger partial charge in [0.15, 0.2) is 0 Å². The van der Waals surface area contributed by atoms with Crippen LogP contribution < -0.4 is 0 Å². The summed E-state index contributed by atoms with van der Waals surface area (Å²) in [7, 11) is 0. The molecule has 0 amide bonds. The number of nitrogens with zero attached hydrogens (tertiary/aromatic N) is 2. The Labute approximate surface area is 163 Å². The van der Waals surface area contributed by atoms with Gasteiger partial charge in [0.25, 0.3) is 0 Å². The first kappa shape index (κ1) is 19.0. The average Bonchev–Trinajstić information content (AvgIpc) is 2.99. The van der Waals surface area contributed by atoms with Crippen LogP contribution in [0, 0.1) is 40.4 Å². The third-order valence-electron chi connectivity index (χ3n) is 9.41. The summed E-state index contributed by atoms with van der Waals surface area (Å²) in [6.45, 7) is 9.32. The fourth-order valence-electron chi connectivity index (χ4n) is 8.11. The van der Waals surface area contributed by atoms with E-state index in [1.165, 1.54) is 37.7 Å². The van der Waals surface area contributed by atoms with E-state index in [9.17, 15) is 10.4 Å². The molecule has 4 rings (SSSR count). The van der Waals surface area contributed by atoms with Crippen molar-refractivity contribution in [2.24, 2.45) is 50.7 Å². The maximum Gasteiger partial charge on any atom is 0.0795 e. The van der Waals surface area contributed by atoms with Crippen molar-refractivity contribution in [3.05, 3.63) is 11.6 Å². The molecule has 7 atom stereocenters. The van der Waals surface area contributed by atoms with Gasteiger partial charge in [-0.05, 0) is 92.4 Å². The van der Waals surface area contributed by atoms with Gasteiger partial charge in [0.1, 0.15) is 0 Å². The van der Waals surface area contributed by atoms with Crippen LogP contribution in [0.2, 0.25) is 0 Å². The van der Waals surface area contributed by atoms with Gasteiger partial charge >= 0.3 is 0 Å². The van der Waals surface area contributed by atoms with Crippen LogP contribution in [0.25, 0.3) is 0 Å². The molecule has 0 aromatic rings. The SMILES string of the molecule is CC[C@@H]1C[C@@H]2[C@H]3CCC4=C/C(=N\O)CC[C@]4(C)[C@@H]3CC[C@]2(C)[C@H]1/C(C)=N/O. The van der Waals surface area contributed by atoms with Gasteiger partial charge < -0.3 is 10.4 Å². The smallest absolute Gasteiger partial charge is 0.0795 e. The quantitative estimate of drug-likeness (QED) is 0.361. The van der Waals surface area contributed by atoms with E-state index in [0.29, 0.717) is 11.8 Å². The Morgan fingerprint density at radius 2 is 1.93 bits per heavy atom. The van der Waals surface area contributed by atoms with Crippen LogP contribution in [-0.2, 0) is 0 Å². The largest absolute Gasteiger partial charge is 0.411 e. The molecule has 0 radical (unpaired) electrons. The summed E-state index contributed by atoms with van der Waals surface area (Å²) in [5.74, 6) is 3.36. The molecule has 0 aromatic carbocycles. The predicted octanol–water partition coefficient (Wildman–Crippen LogP) is 5.88. The van der Waals surface area contributed by atoms with Gasteiger partial charge in [0.2, 0.25) is 0 Å². The molecular weight excluding hydrogens is 336 g/mol. The van der Waals surface area contributed by atoms with Crippen LogP contribution in [-0.4, -0.2) is 21.8 Å². The average molecular weight is 373 g/mol. The third kappa shape index (κ3) is 2.61. The number of allylic oxidation sites excluding steroid dienone is 2. The van der Waals surface area contributed by atoms with Crippen molar-refractivity contribution in [2.45, 2.75) is 79.1 Å². The number of hydrogen-bond donors (Lipinski definition) is 2. The van der Waals surface area contributed by atoms with Gasteiger partial charge in [-0.3, -0.25) is 0 Å². The summed E-state index contributed by atoms with van der Waals surface area (Å²) in [4.78, 5) is 0. The van der Waals surface area contributed by atoms with E-state index in [0.717, 1.165) is 48.4 Å². The van der Waals surface area contributed by atoms with Gasteiger partial charge in [-0.25, -0.2) is 0 Å². The normalized spacial score (nSPS) is 48.6. The zero-order valence-corrected chi connectivity index (χ0v) is 17.4. The molecule has 4 heteroatoms. The Morgan fingerprint density at radius 3 is 2.59 bits per heavy atom. The number of fused-ring (bicyclic) bond motifs is 5. The summed E-state index contributed by atoms with van der Waals surface area (Å²) < 4.78 is 0. The highest BCUT2D eigenvalue weighted by Crippen LogP contribution is 2.68. The van der Waals surface area contributed by atoms with Crippen molar-refractivity contribution >= 4 is 11.4 Å². The van der Waals surface area contributed by atoms with Gasteiger partial charge in [-0.2, -0.15) is 0 Å². The van der Waals surface area contributed by atoms with Crippen molar-refractivity contribution in [1.29, 1.82) is 0 Å². The zero-order valence-electron chi connectivity index (χ0n) is 17.4. The van der Waals surface area contributed by atoms with Crippen molar-refractivity contribution < 1.29 is 10.4 Å². The lowest BCUT2D eigenvalue weighted by Gasteiger charge is -2.58. The molecule has 0 saturated heterocycles. The molecule has 3 fully saturated rings. The molecule has 0 spiro atoms. The minimum Gasteiger partial charge on any atom is -0.411 e. The maximum atomic E-state index is 9.54. The molecule has 3 saturated carbocycles. The monoisotopic (exact) mass is 372 g/mol. The van der Waals surface area contributed by atoms with E-state index in [4.69, 9.17) is 0 Å². The highest BCUT2D eigenvalue weighted by molar-refractivity contribution is 5.96. The van der Waals surface area contributed by atoms with Gasteiger partial charge in [0, 0.05) is 5.92 Å². The molecule has 0 bridgehead atoms. The van der Waals surface area contributed by atoms with Gasteiger partial charge in [0.05, 0.1) is 11.4 Å². The standard InChI is InChI=1S/C23H36N2O2/c1-5-15-12-20-18-7-6-16-13-17(25-27)8-10-22(16,3)19(18)9-11-23(20,4)21(15)14(2)24-26/h13,15,18-21,26-27H,5-12H2,1-4H3/b24-14+,25-17-/t15-,18+,19-,20-,21+,22+,23+/m1/s1. The first-order chi connectivity index (χ1) is 12.9. The fourth-order valence-corrected chi connectivity index (χ4v) is 8.11. The lowest BCUT2D eigenvalue weighted by Crippen LogP contribution is -2.51. The Morgan fingerprint density at radius 1 is 1.15 bits per heavy atom. The van der Waals surface area contributed by atoms with E-state index in [-0.39, 0.29) is 10.8 Å². The Balaban J connectivity index is 1.68. The lowest BCUT2D eigenvalue weighted by atomic mass is 9.46. The van der Waals surface area contributed by atoms with E-state index in [2.05, 4.69) is 37.2 Å². The van der Waals surface area contributed by atoms with E-state index in [1.54, 1.807) is 0 Å². The molecular formula is C23H36N2O2. The molecule has 0 aliphatic heterocycles. The molecule has 4 aliphatic rings. The topological polar surface area (TPSA) is 65.2 Å². The summed E-state index contributed by atoms with van der Waals surface area (Å²) >= 11 is 0. The van der Waals surface area contributed by atoms with Gasteiger partial charge in [-0.1, -0.05) is 43.1 Å². The second-order valence-electron chi connectivity index (χ2n) is 10.3. The molecule has 0 unspecified atom stereocenters. The second-order valence-corrected chi connectivity index (χ2v) is 10.3. The highest BCUT2D eigenvalue weighted by Gasteiger charge is 2.61. The third-order valence-corrected chi connectivity index (χ3v) is 9.41. The molecule has 4 aliphatic carbocycles. The highest BCUT2D eigenvalue weighted by atomic mass is 16.4. The number of hydrogen-bond acceptors (Lipinski definition) is 4. The van der Waals surface area contributed by atoms with E-state index < -0.39 is 0 Å². The van der Waals surface area contributed by atoms with Crippen molar-refractivity contribution in [1.82, 2.24) is 0 Å². The Hall–Kier alpha value is -1.32. The number of rotatable bonds is 2. The summed E-state index contributed by atoms with van der Waals surface area (Å²) in [5.41, 5.74) is 3.90. The predicted molar refractivity (Wildman–Crippen MR) is 108 cm³/mol. The van der Waals surface area contributed by atoms with E-state index >= 15 is 0 Å². The first-order valence-corrected chi connectivity index (χ1v) is 11.0. The van der Waals surface area contributed by atoms with Crippen molar-refractivity contribution in [2.75, 3.05) is 0 Å². The molecule has 27 heavy (non-hydrogen) atoms. The summed E-state index contributed by atoms with van der Waals surface area (Å²) in [6, 6.07) is 0.